The molecule has 0 aliphatic heterocycles. The van der Waals surface area contributed by atoms with Gasteiger partial charge in [-0.2, -0.15) is 0 Å². The topological polar surface area (TPSA) is 35.5 Å². The van der Waals surface area contributed by atoms with Crippen LogP contribution >= 0.6 is 0 Å². The van der Waals surface area contributed by atoms with Crippen molar-refractivity contribution in [3.8, 4) is 11.5 Å². The van der Waals surface area contributed by atoms with E-state index < -0.39 is 5.82 Å². The van der Waals surface area contributed by atoms with Crippen molar-refractivity contribution in [2.24, 2.45) is 0 Å². The van der Waals surface area contributed by atoms with Crippen molar-refractivity contribution in [1.29, 1.82) is 0 Å². The Kier molecular flexibility index (Phi) is 3.80. The Hall–Kier alpha value is -2.36. The van der Waals surface area contributed by atoms with E-state index in [9.17, 15) is 9.18 Å². The summed E-state index contributed by atoms with van der Waals surface area (Å²) < 4.78 is 23.2. The number of hydrogen-bond acceptors (Lipinski definition) is 3. The highest BCUT2D eigenvalue weighted by molar-refractivity contribution is 6.09. The van der Waals surface area contributed by atoms with Gasteiger partial charge in [0.05, 0.1) is 14.2 Å². The van der Waals surface area contributed by atoms with Crippen LogP contribution in [0.15, 0.2) is 42.5 Å². The van der Waals surface area contributed by atoms with Crippen LogP contribution in [-0.2, 0) is 0 Å². The van der Waals surface area contributed by atoms with Crippen molar-refractivity contribution < 1.29 is 18.7 Å². The second-order valence-electron chi connectivity index (χ2n) is 3.91. The number of rotatable bonds is 4. The summed E-state index contributed by atoms with van der Waals surface area (Å²) in [6.45, 7) is 0. The van der Waals surface area contributed by atoms with E-state index >= 15 is 0 Å². The summed E-state index contributed by atoms with van der Waals surface area (Å²) in [7, 11) is 2.92. The summed E-state index contributed by atoms with van der Waals surface area (Å²) in [5.74, 6) is 0.0438. The summed E-state index contributed by atoms with van der Waals surface area (Å²) in [6, 6.07) is 10.8. The van der Waals surface area contributed by atoms with Gasteiger partial charge in [-0.15, -0.1) is 0 Å². The molecular formula is C15H13FO3. The number of methoxy groups -OCH3 is 2. The monoisotopic (exact) mass is 260 g/mol. The van der Waals surface area contributed by atoms with Crippen molar-refractivity contribution in [2.75, 3.05) is 14.2 Å². The molecule has 0 N–H and O–H groups in total. The van der Waals surface area contributed by atoms with Gasteiger partial charge < -0.3 is 9.47 Å². The van der Waals surface area contributed by atoms with Gasteiger partial charge in [0.15, 0.2) is 17.3 Å². The fourth-order valence-electron chi connectivity index (χ4n) is 1.71. The molecule has 0 radical (unpaired) electrons. The standard InChI is InChI=1S/C15H13FO3/c1-18-12-6-3-10(4-7-12)15(17)11-5-8-13(16)14(9-11)19-2/h3-9H,1-2H3. The molecule has 0 atom stereocenters. The van der Waals surface area contributed by atoms with Crippen LogP contribution < -0.4 is 9.47 Å². The smallest absolute Gasteiger partial charge is 0.193 e. The molecule has 19 heavy (non-hydrogen) atoms. The molecule has 0 fully saturated rings. The van der Waals surface area contributed by atoms with Crippen molar-refractivity contribution >= 4 is 5.78 Å². The maximum absolute atomic E-state index is 13.3. The molecule has 0 aliphatic carbocycles. The van der Waals surface area contributed by atoms with Gasteiger partial charge in [-0.3, -0.25) is 4.79 Å². The van der Waals surface area contributed by atoms with E-state index in [0.29, 0.717) is 16.9 Å². The lowest BCUT2D eigenvalue weighted by molar-refractivity contribution is 0.103. The first kappa shape index (κ1) is 13.1. The molecule has 0 bridgehead atoms. The molecule has 0 amide bonds. The predicted molar refractivity (Wildman–Crippen MR) is 69.4 cm³/mol. The molecule has 0 heterocycles. The largest absolute Gasteiger partial charge is 0.497 e. The van der Waals surface area contributed by atoms with Crippen LogP contribution in [0.1, 0.15) is 15.9 Å². The second kappa shape index (κ2) is 5.52. The van der Waals surface area contributed by atoms with E-state index in [1.54, 1.807) is 31.4 Å². The lowest BCUT2D eigenvalue weighted by Crippen LogP contribution is -2.02. The van der Waals surface area contributed by atoms with Crippen LogP contribution in [0.25, 0.3) is 0 Å². The highest BCUT2D eigenvalue weighted by atomic mass is 19.1. The minimum atomic E-state index is -0.492. The quantitative estimate of drug-likeness (QED) is 0.792. The zero-order valence-electron chi connectivity index (χ0n) is 10.6. The number of carbonyl (C=O) groups excluding carboxylic acids is 1. The molecular weight excluding hydrogens is 247 g/mol. The third-order valence-electron chi connectivity index (χ3n) is 2.77. The summed E-state index contributed by atoms with van der Waals surface area (Å²) >= 11 is 0. The van der Waals surface area contributed by atoms with Crippen LogP contribution in [0.3, 0.4) is 0 Å². The van der Waals surface area contributed by atoms with Gasteiger partial charge >= 0.3 is 0 Å². The molecule has 98 valence electrons. The van der Waals surface area contributed by atoms with Crippen LogP contribution in [-0.4, -0.2) is 20.0 Å². The lowest BCUT2D eigenvalue weighted by Gasteiger charge is -2.06. The highest BCUT2D eigenvalue weighted by Crippen LogP contribution is 2.21. The van der Waals surface area contributed by atoms with E-state index in [-0.39, 0.29) is 11.5 Å². The first-order valence-electron chi connectivity index (χ1n) is 5.68. The molecule has 0 aromatic heterocycles. The molecule has 0 aliphatic rings. The van der Waals surface area contributed by atoms with Gasteiger partial charge in [0, 0.05) is 11.1 Å². The summed E-state index contributed by atoms with van der Waals surface area (Å²) in [4.78, 5) is 12.2. The molecule has 2 rings (SSSR count). The fourth-order valence-corrected chi connectivity index (χ4v) is 1.71. The number of ketones is 1. The Balaban J connectivity index is 2.32. The number of hydrogen-bond donors (Lipinski definition) is 0. The van der Waals surface area contributed by atoms with E-state index in [2.05, 4.69) is 0 Å². The Morgan fingerprint density at radius 3 is 2.16 bits per heavy atom. The molecule has 4 heteroatoms. The number of halogens is 1. The Bertz CT molecular complexity index is 591. The fraction of sp³-hybridized carbons (Fsp3) is 0.133. The molecule has 2 aromatic rings. The average molecular weight is 260 g/mol. The SMILES string of the molecule is COc1ccc(C(=O)c2ccc(F)c(OC)c2)cc1. The highest BCUT2D eigenvalue weighted by Gasteiger charge is 2.12. The number of ether oxygens (including phenoxy) is 2. The number of benzene rings is 2. The Morgan fingerprint density at radius 1 is 0.947 bits per heavy atom. The molecule has 0 spiro atoms. The Labute approximate surface area is 110 Å². The summed E-state index contributed by atoms with van der Waals surface area (Å²) in [5, 5.41) is 0. The van der Waals surface area contributed by atoms with Crippen LogP contribution in [0.4, 0.5) is 4.39 Å². The molecule has 0 saturated carbocycles. The van der Waals surface area contributed by atoms with Gasteiger partial charge in [0.25, 0.3) is 0 Å². The molecule has 3 nitrogen and oxygen atoms in total. The van der Waals surface area contributed by atoms with Crippen molar-refractivity contribution in [1.82, 2.24) is 0 Å². The summed E-state index contributed by atoms with van der Waals surface area (Å²) in [5.41, 5.74) is 0.887. The summed E-state index contributed by atoms with van der Waals surface area (Å²) in [6.07, 6.45) is 0. The maximum atomic E-state index is 13.3. The zero-order chi connectivity index (χ0) is 13.8. The Morgan fingerprint density at radius 2 is 1.58 bits per heavy atom. The number of carbonyl (C=O) groups is 1. The van der Waals surface area contributed by atoms with E-state index in [1.807, 2.05) is 0 Å². The van der Waals surface area contributed by atoms with Gasteiger partial charge in [-0.05, 0) is 42.5 Å². The van der Waals surface area contributed by atoms with E-state index in [4.69, 9.17) is 9.47 Å². The van der Waals surface area contributed by atoms with Crippen molar-refractivity contribution in [3.05, 3.63) is 59.4 Å². The average Bonchev–Trinajstić information content (AvgIpc) is 2.47. The first-order chi connectivity index (χ1) is 9.15. The second-order valence-corrected chi connectivity index (χ2v) is 3.91. The molecule has 2 aromatic carbocycles. The first-order valence-corrected chi connectivity index (χ1v) is 5.68. The van der Waals surface area contributed by atoms with Gasteiger partial charge in [0.2, 0.25) is 0 Å². The minimum Gasteiger partial charge on any atom is -0.497 e. The van der Waals surface area contributed by atoms with Crippen LogP contribution in [0.5, 0.6) is 11.5 Å². The normalized spacial score (nSPS) is 10.1. The third kappa shape index (κ3) is 2.73. The molecule has 0 saturated heterocycles. The van der Waals surface area contributed by atoms with Crippen molar-refractivity contribution in [2.45, 2.75) is 0 Å². The van der Waals surface area contributed by atoms with Crippen LogP contribution in [0.2, 0.25) is 0 Å². The van der Waals surface area contributed by atoms with Gasteiger partial charge in [-0.25, -0.2) is 4.39 Å². The van der Waals surface area contributed by atoms with Crippen molar-refractivity contribution in [3.63, 3.8) is 0 Å². The lowest BCUT2D eigenvalue weighted by atomic mass is 10.0. The zero-order valence-corrected chi connectivity index (χ0v) is 10.6. The van der Waals surface area contributed by atoms with Gasteiger partial charge in [-0.1, -0.05) is 0 Å². The maximum Gasteiger partial charge on any atom is 0.193 e. The third-order valence-corrected chi connectivity index (χ3v) is 2.77. The van der Waals surface area contributed by atoms with Gasteiger partial charge in [0.1, 0.15) is 5.75 Å². The van der Waals surface area contributed by atoms with E-state index in [0.717, 1.165) is 0 Å². The minimum absolute atomic E-state index is 0.0550. The molecule has 0 unspecified atom stereocenters. The van der Waals surface area contributed by atoms with Crippen LogP contribution in [0, 0.1) is 5.82 Å². The predicted octanol–water partition coefficient (Wildman–Crippen LogP) is 3.07. The van der Waals surface area contributed by atoms with E-state index in [1.165, 1.54) is 25.3 Å².